The molecule has 0 bridgehead atoms. The fourth-order valence-electron chi connectivity index (χ4n) is 3.11. The first-order valence-corrected chi connectivity index (χ1v) is 10.4. The molecule has 2 amide bonds. The van der Waals surface area contributed by atoms with Crippen LogP contribution < -0.4 is 16.0 Å². The molecule has 0 radical (unpaired) electrons. The van der Waals surface area contributed by atoms with Crippen LogP contribution >= 0.6 is 0 Å². The smallest absolute Gasteiger partial charge is 0.335 e. The third-order valence-corrected chi connectivity index (χ3v) is 4.64. The topological polar surface area (TPSA) is 130 Å². The van der Waals surface area contributed by atoms with E-state index in [1.807, 2.05) is 26.0 Å². The van der Waals surface area contributed by atoms with E-state index in [4.69, 9.17) is 9.84 Å². The van der Waals surface area contributed by atoms with Gasteiger partial charge in [-0.2, -0.15) is 0 Å². The number of nitrogens with zero attached hydrogens (tertiary/aromatic N) is 1. The molecule has 0 aliphatic rings. The lowest BCUT2D eigenvalue weighted by Crippen LogP contribution is -2.44. The fraction of sp³-hybridized carbons (Fsp3) is 0.391. The number of nitrogens with one attached hydrogen (secondary N) is 3. The molecule has 172 valence electrons. The van der Waals surface area contributed by atoms with Crippen LogP contribution in [-0.4, -0.2) is 47.6 Å². The van der Waals surface area contributed by atoms with E-state index < -0.39 is 12.0 Å². The number of hydrogen-bond acceptors (Lipinski definition) is 6. The maximum absolute atomic E-state index is 12.9. The van der Waals surface area contributed by atoms with Crippen LogP contribution in [0.1, 0.15) is 41.9 Å². The maximum atomic E-state index is 12.9. The normalized spacial score (nSPS) is 11.8. The average Bonchev–Trinajstić information content (AvgIpc) is 2.76. The van der Waals surface area contributed by atoms with Gasteiger partial charge in [-0.15, -0.1) is 0 Å². The average molecular weight is 443 g/mol. The van der Waals surface area contributed by atoms with Crippen molar-refractivity contribution in [1.29, 1.82) is 0 Å². The van der Waals surface area contributed by atoms with Gasteiger partial charge in [0.2, 0.25) is 11.8 Å². The van der Waals surface area contributed by atoms with Crippen molar-refractivity contribution in [3.63, 3.8) is 0 Å². The van der Waals surface area contributed by atoms with Gasteiger partial charge >= 0.3 is 5.97 Å². The Balaban J connectivity index is 2.02. The summed E-state index contributed by atoms with van der Waals surface area (Å²) in [6.45, 7) is 4.48. The highest BCUT2D eigenvalue weighted by molar-refractivity contribution is 5.92. The predicted octanol–water partition coefficient (Wildman–Crippen LogP) is 2.19. The summed E-state index contributed by atoms with van der Waals surface area (Å²) in [5.41, 5.74) is 2.06. The van der Waals surface area contributed by atoms with Crippen LogP contribution in [0.2, 0.25) is 0 Å². The third-order valence-electron chi connectivity index (χ3n) is 4.64. The van der Waals surface area contributed by atoms with Gasteiger partial charge in [0.1, 0.15) is 6.61 Å². The minimum Gasteiger partial charge on any atom is -0.478 e. The number of benzene rings is 1. The molecule has 2 aromatic rings. The number of aromatic carboxylic acids is 1. The van der Waals surface area contributed by atoms with E-state index in [0.29, 0.717) is 17.8 Å². The van der Waals surface area contributed by atoms with Crippen molar-refractivity contribution in [2.75, 3.05) is 19.0 Å². The Morgan fingerprint density at radius 3 is 2.56 bits per heavy atom. The number of carboxylic acid groups (broad SMARTS) is 1. The van der Waals surface area contributed by atoms with Crippen molar-refractivity contribution >= 4 is 23.5 Å². The van der Waals surface area contributed by atoms with Gasteiger partial charge in [-0.05, 0) is 36.1 Å². The Labute approximate surface area is 187 Å². The number of amides is 2. The number of methoxy groups -OCH3 is 1. The number of anilines is 1. The molecule has 1 aromatic carbocycles. The second-order valence-corrected chi connectivity index (χ2v) is 7.76. The van der Waals surface area contributed by atoms with Crippen LogP contribution in [0.25, 0.3) is 0 Å². The number of carbonyl (C=O) groups is 3. The minimum absolute atomic E-state index is 0.0574. The Kier molecular flexibility index (Phi) is 9.77. The number of ether oxygens (including phenoxy) is 1. The molecule has 0 saturated heterocycles. The summed E-state index contributed by atoms with van der Waals surface area (Å²) in [6.07, 6.45) is 2.03. The van der Waals surface area contributed by atoms with E-state index in [1.54, 1.807) is 12.1 Å². The molecule has 0 aliphatic carbocycles. The van der Waals surface area contributed by atoms with Crippen molar-refractivity contribution < 1.29 is 24.2 Å². The highest BCUT2D eigenvalue weighted by Gasteiger charge is 2.20. The zero-order chi connectivity index (χ0) is 23.5. The van der Waals surface area contributed by atoms with E-state index in [1.165, 1.54) is 25.4 Å². The molecule has 0 saturated carbocycles. The van der Waals surface area contributed by atoms with Gasteiger partial charge in [-0.1, -0.05) is 32.0 Å². The largest absolute Gasteiger partial charge is 0.478 e. The Morgan fingerprint density at radius 1 is 1.12 bits per heavy atom. The molecule has 0 spiro atoms. The van der Waals surface area contributed by atoms with Gasteiger partial charge in [0.05, 0.1) is 17.3 Å². The molecule has 1 heterocycles. The fourth-order valence-corrected chi connectivity index (χ4v) is 3.11. The summed E-state index contributed by atoms with van der Waals surface area (Å²) in [5, 5.41) is 18.0. The maximum Gasteiger partial charge on any atom is 0.335 e. The number of aromatic nitrogens is 1. The van der Waals surface area contributed by atoms with Gasteiger partial charge in [0.25, 0.3) is 0 Å². The lowest BCUT2D eigenvalue weighted by molar-refractivity contribution is -0.123. The Bertz CT molecular complexity index is 932. The minimum atomic E-state index is -1.03. The Morgan fingerprint density at radius 2 is 1.88 bits per heavy atom. The van der Waals surface area contributed by atoms with Crippen molar-refractivity contribution in [1.82, 2.24) is 15.6 Å². The lowest BCUT2D eigenvalue weighted by Gasteiger charge is -2.21. The van der Waals surface area contributed by atoms with Gasteiger partial charge in [-0.25, -0.2) is 4.79 Å². The van der Waals surface area contributed by atoms with Gasteiger partial charge in [-0.3, -0.25) is 14.6 Å². The molecule has 1 atom stereocenters. The van der Waals surface area contributed by atoms with E-state index >= 15 is 0 Å². The molecule has 9 nitrogen and oxygen atoms in total. The van der Waals surface area contributed by atoms with Crippen LogP contribution in [0.15, 0.2) is 42.6 Å². The molecular weight excluding hydrogens is 412 g/mol. The van der Waals surface area contributed by atoms with E-state index in [9.17, 15) is 14.4 Å². The first-order chi connectivity index (χ1) is 15.3. The SMILES string of the molecule is COCC(=O)Nc1ccccc1CNC(=O)C(CC(C)C)NCc1cc(C(=O)O)ccn1. The number of pyridine rings is 1. The van der Waals surface area contributed by atoms with Gasteiger partial charge in [0.15, 0.2) is 0 Å². The third kappa shape index (κ3) is 8.09. The molecular formula is C23H30N4O5. The standard InChI is InChI=1S/C23H30N4O5/c1-15(2)10-20(25-13-18-11-16(23(30)31)8-9-24-18)22(29)26-12-17-6-4-5-7-19(17)27-21(28)14-32-3/h4-9,11,15,20,25H,10,12-14H2,1-3H3,(H,26,29)(H,27,28)(H,30,31). The summed E-state index contributed by atoms with van der Waals surface area (Å²) in [6, 6.07) is 9.65. The summed E-state index contributed by atoms with van der Waals surface area (Å²) in [7, 11) is 1.45. The second-order valence-electron chi connectivity index (χ2n) is 7.76. The van der Waals surface area contributed by atoms with Crippen molar-refractivity contribution in [3.8, 4) is 0 Å². The van der Waals surface area contributed by atoms with Crippen LogP contribution in [0, 0.1) is 5.92 Å². The molecule has 4 N–H and O–H groups in total. The Hall–Kier alpha value is -3.30. The molecule has 1 unspecified atom stereocenters. The van der Waals surface area contributed by atoms with Gasteiger partial charge in [0, 0.05) is 32.1 Å². The highest BCUT2D eigenvalue weighted by atomic mass is 16.5. The van der Waals surface area contributed by atoms with E-state index in [-0.39, 0.29) is 43.0 Å². The van der Waals surface area contributed by atoms with E-state index in [0.717, 1.165) is 5.56 Å². The van der Waals surface area contributed by atoms with Crippen LogP contribution in [0.4, 0.5) is 5.69 Å². The summed E-state index contributed by atoms with van der Waals surface area (Å²) in [4.78, 5) is 40.1. The van der Waals surface area contributed by atoms with Crippen LogP contribution in [-0.2, 0) is 27.4 Å². The monoisotopic (exact) mass is 442 g/mol. The zero-order valence-electron chi connectivity index (χ0n) is 18.6. The summed E-state index contributed by atoms with van der Waals surface area (Å²) < 4.78 is 4.84. The summed E-state index contributed by atoms with van der Waals surface area (Å²) >= 11 is 0. The van der Waals surface area contributed by atoms with Crippen molar-refractivity contribution in [2.24, 2.45) is 5.92 Å². The quantitative estimate of drug-likeness (QED) is 0.396. The predicted molar refractivity (Wildman–Crippen MR) is 120 cm³/mol. The van der Waals surface area contributed by atoms with Crippen molar-refractivity contribution in [2.45, 2.75) is 39.4 Å². The van der Waals surface area contributed by atoms with E-state index in [2.05, 4.69) is 20.9 Å². The molecule has 32 heavy (non-hydrogen) atoms. The highest BCUT2D eigenvalue weighted by Crippen LogP contribution is 2.15. The number of rotatable bonds is 12. The summed E-state index contributed by atoms with van der Waals surface area (Å²) in [5.74, 6) is -1.23. The number of carbonyl (C=O) groups excluding carboxylic acids is 2. The molecule has 0 aliphatic heterocycles. The molecule has 2 rings (SSSR count). The number of hydrogen-bond donors (Lipinski definition) is 4. The van der Waals surface area contributed by atoms with Crippen LogP contribution in [0.3, 0.4) is 0 Å². The lowest BCUT2D eigenvalue weighted by atomic mass is 10.0. The molecule has 1 aromatic heterocycles. The second kappa shape index (κ2) is 12.5. The number of para-hydroxylation sites is 1. The van der Waals surface area contributed by atoms with Crippen molar-refractivity contribution in [3.05, 3.63) is 59.4 Å². The molecule has 9 heteroatoms. The first-order valence-electron chi connectivity index (χ1n) is 10.4. The van der Waals surface area contributed by atoms with Crippen LogP contribution in [0.5, 0.6) is 0 Å². The number of carboxylic acids is 1. The first kappa shape index (κ1) is 25.0. The zero-order valence-corrected chi connectivity index (χ0v) is 18.6. The molecule has 0 fully saturated rings. The van der Waals surface area contributed by atoms with Gasteiger partial charge < -0.3 is 25.8 Å².